The SMILES string of the molecule is CC(=O)NCc1cccc(-c2cccc([C@H]3O[C@@H](CN4CCC[C@H]4CO)[C@@H](C)[C@@H](c4ccc(CO)cc4)O3)c2)c1. The maximum Gasteiger partial charge on any atom is 0.217 e. The molecule has 0 saturated carbocycles. The first-order valence-corrected chi connectivity index (χ1v) is 14.2. The Hall–Kier alpha value is -3.07. The van der Waals surface area contributed by atoms with E-state index in [-0.39, 0.29) is 43.3 Å². The lowest BCUT2D eigenvalue weighted by molar-refractivity contribution is -0.276. The molecule has 1 amide bonds. The minimum Gasteiger partial charge on any atom is -0.395 e. The molecule has 7 heteroatoms. The molecule has 3 N–H and O–H groups in total. The summed E-state index contributed by atoms with van der Waals surface area (Å²) in [6, 6.07) is 24.6. The highest BCUT2D eigenvalue weighted by Gasteiger charge is 2.40. The molecule has 0 spiro atoms. The average Bonchev–Trinajstić information content (AvgIpc) is 3.44. The molecule has 5 atom stereocenters. The normalized spacial score (nSPS) is 25.1. The summed E-state index contributed by atoms with van der Waals surface area (Å²) < 4.78 is 13.4. The van der Waals surface area contributed by atoms with Gasteiger partial charge in [0.1, 0.15) is 0 Å². The van der Waals surface area contributed by atoms with Gasteiger partial charge in [0, 0.05) is 37.5 Å². The summed E-state index contributed by atoms with van der Waals surface area (Å²) in [6.07, 6.45) is 1.27. The predicted octanol–water partition coefficient (Wildman–Crippen LogP) is 4.73. The Morgan fingerprint density at radius 1 is 0.950 bits per heavy atom. The van der Waals surface area contributed by atoms with Gasteiger partial charge >= 0.3 is 0 Å². The predicted molar refractivity (Wildman–Crippen MR) is 154 cm³/mol. The second-order valence-electron chi connectivity index (χ2n) is 11.0. The molecule has 5 rings (SSSR count). The molecule has 0 aromatic heterocycles. The van der Waals surface area contributed by atoms with Crippen molar-refractivity contribution in [2.24, 2.45) is 5.92 Å². The summed E-state index contributed by atoms with van der Waals surface area (Å²) in [4.78, 5) is 13.7. The van der Waals surface area contributed by atoms with Crippen molar-refractivity contribution in [3.8, 4) is 11.1 Å². The number of rotatable bonds is 9. The van der Waals surface area contributed by atoms with E-state index in [1.54, 1.807) is 0 Å². The second-order valence-corrected chi connectivity index (χ2v) is 11.0. The first-order chi connectivity index (χ1) is 19.4. The number of amides is 1. The van der Waals surface area contributed by atoms with Crippen molar-refractivity contribution in [1.29, 1.82) is 0 Å². The van der Waals surface area contributed by atoms with Crippen molar-refractivity contribution in [3.05, 3.63) is 95.1 Å². The maximum atomic E-state index is 11.4. The van der Waals surface area contributed by atoms with E-state index < -0.39 is 6.29 Å². The van der Waals surface area contributed by atoms with E-state index in [9.17, 15) is 15.0 Å². The summed E-state index contributed by atoms with van der Waals surface area (Å²) in [7, 11) is 0. The Morgan fingerprint density at radius 2 is 1.70 bits per heavy atom. The quantitative estimate of drug-likeness (QED) is 0.361. The lowest BCUT2D eigenvalue weighted by Gasteiger charge is -2.43. The first kappa shape index (κ1) is 28.5. The summed E-state index contributed by atoms with van der Waals surface area (Å²) in [5, 5.41) is 22.3. The van der Waals surface area contributed by atoms with Gasteiger partial charge in [-0.15, -0.1) is 0 Å². The van der Waals surface area contributed by atoms with Gasteiger partial charge in [-0.2, -0.15) is 0 Å². The smallest absolute Gasteiger partial charge is 0.217 e. The van der Waals surface area contributed by atoms with E-state index in [1.807, 2.05) is 48.5 Å². The second kappa shape index (κ2) is 13.1. The van der Waals surface area contributed by atoms with Gasteiger partial charge in [-0.3, -0.25) is 9.69 Å². The third-order valence-corrected chi connectivity index (χ3v) is 8.21. The number of aliphatic hydroxyl groups is 2. The lowest BCUT2D eigenvalue weighted by atomic mass is 9.89. The molecule has 3 aromatic rings. The molecule has 0 bridgehead atoms. The summed E-state index contributed by atoms with van der Waals surface area (Å²) in [6.45, 7) is 6.05. The summed E-state index contributed by atoms with van der Waals surface area (Å²) in [5.74, 6) is 0.0346. The summed E-state index contributed by atoms with van der Waals surface area (Å²) in [5.41, 5.74) is 6.02. The van der Waals surface area contributed by atoms with Crippen LogP contribution in [-0.4, -0.2) is 52.9 Å². The average molecular weight is 545 g/mol. The van der Waals surface area contributed by atoms with Gasteiger partial charge in [-0.1, -0.05) is 67.6 Å². The van der Waals surface area contributed by atoms with Crippen molar-refractivity contribution in [3.63, 3.8) is 0 Å². The van der Waals surface area contributed by atoms with Crippen LogP contribution in [0.1, 0.15) is 61.3 Å². The van der Waals surface area contributed by atoms with Crippen LogP contribution in [0.4, 0.5) is 0 Å². The number of hydrogen-bond acceptors (Lipinski definition) is 6. The van der Waals surface area contributed by atoms with Crippen LogP contribution in [0.3, 0.4) is 0 Å². The van der Waals surface area contributed by atoms with Crippen molar-refractivity contribution in [1.82, 2.24) is 10.2 Å². The van der Waals surface area contributed by atoms with Gasteiger partial charge in [0.05, 0.1) is 25.4 Å². The van der Waals surface area contributed by atoms with Crippen LogP contribution in [0.5, 0.6) is 0 Å². The minimum absolute atomic E-state index is 0.00599. The van der Waals surface area contributed by atoms with Gasteiger partial charge in [-0.05, 0) is 59.3 Å². The number of hydrogen-bond donors (Lipinski definition) is 3. The topological polar surface area (TPSA) is 91.3 Å². The van der Waals surface area contributed by atoms with Gasteiger partial charge in [0.25, 0.3) is 0 Å². The standard InChI is InChI=1S/C33H40N2O5/c1-22-31(19-35-15-5-10-30(35)21-37)39-33(40-32(22)26-13-11-24(20-36)12-14-26)29-9-4-8-28(17-29)27-7-3-6-25(16-27)18-34-23(2)38/h3-4,6-9,11-14,16-17,22,30-33,36-37H,5,10,15,18-21H2,1-2H3,(H,34,38)/t22-,30+,31+,32+,33+/m1/s1. The van der Waals surface area contributed by atoms with Crippen molar-refractivity contribution in [2.75, 3.05) is 19.7 Å². The number of carbonyl (C=O) groups is 1. The van der Waals surface area contributed by atoms with Crippen LogP contribution in [0.15, 0.2) is 72.8 Å². The Labute approximate surface area is 236 Å². The van der Waals surface area contributed by atoms with Gasteiger partial charge in [0.2, 0.25) is 5.91 Å². The Balaban J connectivity index is 1.42. The lowest BCUT2D eigenvalue weighted by Crippen LogP contribution is -2.46. The fraction of sp³-hybridized carbons (Fsp3) is 0.424. The zero-order valence-corrected chi connectivity index (χ0v) is 23.3. The number of likely N-dealkylation sites (tertiary alicyclic amines) is 1. The number of carbonyl (C=O) groups excluding carboxylic acids is 1. The Kier molecular flexibility index (Phi) is 9.29. The largest absolute Gasteiger partial charge is 0.395 e. The molecule has 2 saturated heterocycles. The van der Waals surface area contributed by atoms with Crippen LogP contribution < -0.4 is 5.32 Å². The number of aliphatic hydroxyl groups excluding tert-OH is 2. The molecular weight excluding hydrogens is 504 g/mol. The number of ether oxygens (including phenoxy) is 2. The monoisotopic (exact) mass is 544 g/mol. The van der Waals surface area contributed by atoms with Crippen molar-refractivity contribution in [2.45, 2.75) is 64.4 Å². The highest BCUT2D eigenvalue weighted by Crippen LogP contribution is 2.42. The van der Waals surface area contributed by atoms with Crippen LogP contribution >= 0.6 is 0 Å². The molecule has 0 radical (unpaired) electrons. The Bertz CT molecular complexity index is 1280. The Morgan fingerprint density at radius 3 is 2.42 bits per heavy atom. The molecule has 212 valence electrons. The third kappa shape index (κ3) is 6.62. The molecule has 2 aliphatic heterocycles. The molecule has 40 heavy (non-hydrogen) atoms. The van der Waals surface area contributed by atoms with Crippen LogP contribution in [0.25, 0.3) is 11.1 Å². The minimum atomic E-state index is -0.554. The molecule has 3 aromatic carbocycles. The summed E-state index contributed by atoms with van der Waals surface area (Å²) >= 11 is 0. The van der Waals surface area contributed by atoms with Crippen LogP contribution in [0, 0.1) is 5.92 Å². The molecule has 0 aliphatic carbocycles. The third-order valence-electron chi connectivity index (χ3n) is 8.21. The molecular formula is C33H40N2O5. The number of benzene rings is 3. The molecule has 2 aliphatic rings. The van der Waals surface area contributed by atoms with Gasteiger partial charge in [0.15, 0.2) is 6.29 Å². The van der Waals surface area contributed by atoms with E-state index in [2.05, 4.69) is 41.4 Å². The van der Waals surface area contributed by atoms with Crippen molar-refractivity contribution < 1.29 is 24.5 Å². The molecule has 7 nitrogen and oxygen atoms in total. The van der Waals surface area contributed by atoms with E-state index in [4.69, 9.17) is 9.47 Å². The molecule has 2 heterocycles. The molecule has 2 fully saturated rings. The fourth-order valence-corrected chi connectivity index (χ4v) is 5.85. The van der Waals surface area contributed by atoms with Crippen LogP contribution in [-0.2, 0) is 27.4 Å². The first-order valence-electron chi connectivity index (χ1n) is 14.2. The van der Waals surface area contributed by atoms with E-state index in [0.29, 0.717) is 6.54 Å². The zero-order valence-electron chi connectivity index (χ0n) is 23.3. The van der Waals surface area contributed by atoms with E-state index >= 15 is 0 Å². The van der Waals surface area contributed by atoms with E-state index in [0.717, 1.165) is 59.3 Å². The van der Waals surface area contributed by atoms with Gasteiger partial charge in [-0.25, -0.2) is 0 Å². The van der Waals surface area contributed by atoms with Crippen LogP contribution in [0.2, 0.25) is 0 Å². The number of nitrogens with zero attached hydrogens (tertiary/aromatic N) is 1. The number of nitrogens with one attached hydrogen (secondary N) is 1. The van der Waals surface area contributed by atoms with Gasteiger partial charge < -0.3 is 25.0 Å². The van der Waals surface area contributed by atoms with Crippen molar-refractivity contribution >= 4 is 5.91 Å². The zero-order chi connectivity index (χ0) is 28.1. The fourth-order valence-electron chi connectivity index (χ4n) is 5.85. The molecule has 0 unspecified atom stereocenters. The highest BCUT2D eigenvalue weighted by molar-refractivity contribution is 5.73. The highest BCUT2D eigenvalue weighted by atomic mass is 16.7. The maximum absolute atomic E-state index is 11.4. The van der Waals surface area contributed by atoms with E-state index in [1.165, 1.54) is 6.92 Å².